The first kappa shape index (κ1) is 19.5. The van der Waals surface area contributed by atoms with Gasteiger partial charge in [-0.1, -0.05) is 0 Å². The number of ether oxygens (including phenoxy) is 1. The molecule has 1 aliphatic heterocycles. The molecule has 1 aromatic carbocycles. The van der Waals surface area contributed by atoms with Crippen LogP contribution in [0.5, 0.6) is 5.75 Å². The molecule has 0 saturated carbocycles. The Bertz CT molecular complexity index is 817. The molecule has 2 N–H and O–H groups in total. The summed E-state index contributed by atoms with van der Waals surface area (Å²) in [6, 6.07) is 9.47. The molecule has 148 valence electrons. The largest absolute Gasteiger partial charge is 0.497 e. The summed E-state index contributed by atoms with van der Waals surface area (Å²) in [4.78, 5) is 38.5. The van der Waals surface area contributed by atoms with E-state index < -0.39 is 6.04 Å². The Morgan fingerprint density at radius 2 is 1.89 bits per heavy atom. The van der Waals surface area contributed by atoms with E-state index in [2.05, 4.69) is 10.6 Å². The number of amides is 3. The predicted molar refractivity (Wildman–Crippen MR) is 101 cm³/mol. The van der Waals surface area contributed by atoms with Crippen LogP contribution in [0.3, 0.4) is 0 Å². The molecule has 28 heavy (non-hydrogen) atoms. The summed E-state index contributed by atoms with van der Waals surface area (Å²) >= 11 is 0. The van der Waals surface area contributed by atoms with E-state index in [9.17, 15) is 14.4 Å². The monoisotopic (exact) mass is 385 g/mol. The van der Waals surface area contributed by atoms with Gasteiger partial charge in [-0.2, -0.15) is 0 Å². The number of rotatable bonds is 7. The van der Waals surface area contributed by atoms with Crippen molar-refractivity contribution in [2.24, 2.45) is 0 Å². The third-order valence-corrected chi connectivity index (χ3v) is 4.61. The van der Waals surface area contributed by atoms with Crippen molar-refractivity contribution >= 4 is 17.7 Å². The van der Waals surface area contributed by atoms with E-state index in [1.807, 2.05) is 0 Å². The number of hydrogen-bond donors (Lipinski definition) is 2. The Morgan fingerprint density at radius 3 is 2.57 bits per heavy atom. The molecule has 1 aliphatic rings. The maximum absolute atomic E-state index is 12.5. The van der Waals surface area contributed by atoms with E-state index in [4.69, 9.17) is 9.15 Å². The smallest absolute Gasteiger partial charge is 0.290 e. The molecular weight excluding hydrogens is 362 g/mol. The van der Waals surface area contributed by atoms with Gasteiger partial charge < -0.3 is 24.7 Å². The Labute approximate surface area is 162 Å². The molecule has 2 aromatic rings. The highest BCUT2D eigenvalue weighted by Crippen LogP contribution is 2.20. The Hall–Kier alpha value is -3.29. The molecular formula is C20H23N3O5. The number of methoxy groups -OCH3 is 1. The number of carbonyl (C=O) groups excluding carboxylic acids is 3. The van der Waals surface area contributed by atoms with Crippen LogP contribution in [-0.2, 0) is 4.79 Å². The van der Waals surface area contributed by atoms with Crippen LogP contribution in [-0.4, -0.2) is 55.4 Å². The summed E-state index contributed by atoms with van der Waals surface area (Å²) in [5.74, 6) is 0.166. The van der Waals surface area contributed by atoms with Crippen LogP contribution in [0.4, 0.5) is 0 Å². The molecule has 2 heterocycles. The first-order valence-electron chi connectivity index (χ1n) is 9.14. The van der Waals surface area contributed by atoms with Crippen molar-refractivity contribution < 1.29 is 23.5 Å². The molecule has 0 radical (unpaired) electrons. The first-order chi connectivity index (χ1) is 13.6. The lowest BCUT2D eigenvalue weighted by Gasteiger charge is -2.23. The molecule has 0 bridgehead atoms. The normalized spacial score (nSPS) is 15.9. The molecule has 1 saturated heterocycles. The molecule has 1 atom stereocenters. The minimum atomic E-state index is -0.519. The van der Waals surface area contributed by atoms with Crippen molar-refractivity contribution in [2.75, 3.05) is 26.7 Å². The van der Waals surface area contributed by atoms with E-state index in [-0.39, 0.29) is 36.6 Å². The highest BCUT2D eigenvalue weighted by atomic mass is 16.5. The zero-order valence-corrected chi connectivity index (χ0v) is 15.6. The predicted octanol–water partition coefficient (Wildman–Crippen LogP) is 1.44. The quantitative estimate of drug-likeness (QED) is 0.703. The summed E-state index contributed by atoms with van der Waals surface area (Å²) in [5.41, 5.74) is 0.512. The third kappa shape index (κ3) is 4.51. The summed E-state index contributed by atoms with van der Waals surface area (Å²) in [7, 11) is 1.56. The maximum Gasteiger partial charge on any atom is 0.290 e. The molecule has 0 aliphatic carbocycles. The number of carbonyl (C=O) groups is 3. The first-order valence-corrected chi connectivity index (χ1v) is 9.14. The van der Waals surface area contributed by atoms with Crippen molar-refractivity contribution in [1.82, 2.24) is 15.5 Å². The number of likely N-dealkylation sites (tertiary alicyclic amines) is 1. The van der Waals surface area contributed by atoms with Crippen LogP contribution in [0.2, 0.25) is 0 Å². The van der Waals surface area contributed by atoms with Crippen molar-refractivity contribution in [1.29, 1.82) is 0 Å². The number of nitrogens with one attached hydrogen (secondary N) is 2. The minimum absolute atomic E-state index is 0.226. The molecule has 3 rings (SSSR count). The van der Waals surface area contributed by atoms with Gasteiger partial charge in [-0.3, -0.25) is 14.4 Å². The number of nitrogens with zero attached hydrogens (tertiary/aromatic N) is 1. The molecule has 1 fully saturated rings. The van der Waals surface area contributed by atoms with Gasteiger partial charge in [-0.15, -0.1) is 0 Å². The van der Waals surface area contributed by atoms with Crippen LogP contribution in [0.1, 0.15) is 33.8 Å². The van der Waals surface area contributed by atoms with Gasteiger partial charge in [0.2, 0.25) is 5.91 Å². The summed E-state index contributed by atoms with van der Waals surface area (Å²) < 4.78 is 10.2. The average molecular weight is 385 g/mol. The standard InChI is InChI=1S/C20H23N3O5/c1-27-15-8-6-14(7-9-15)18(24)21-10-11-22-19(25)16-4-2-12-23(16)20(26)17-5-3-13-28-17/h3,5-9,13,16H,2,4,10-12H2,1H3,(H,21,24)(H,22,25)/t16-/m0/s1. The lowest BCUT2D eigenvalue weighted by Crippen LogP contribution is -2.47. The fourth-order valence-electron chi connectivity index (χ4n) is 3.15. The highest BCUT2D eigenvalue weighted by Gasteiger charge is 2.35. The topological polar surface area (TPSA) is 101 Å². The van der Waals surface area contributed by atoms with E-state index in [1.54, 1.807) is 43.5 Å². The Morgan fingerprint density at radius 1 is 1.14 bits per heavy atom. The lowest BCUT2D eigenvalue weighted by molar-refractivity contribution is -0.124. The highest BCUT2D eigenvalue weighted by molar-refractivity contribution is 5.96. The van der Waals surface area contributed by atoms with Gasteiger partial charge >= 0.3 is 0 Å². The summed E-state index contributed by atoms with van der Waals surface area (Å²) in [6.07, 6.45) is 2.80. The van der Waals surface area contributed by atoms with Crippen LogP contribution >= 0.6 is 0 Å². The second-order valence-corrected chi connectivity index (χ2v) is 6.41. The average Bonchev–Trinajstić information content (AvgIpc) is 3.42. The fraction of sp³-hybridized carbons (Fsp3) is 0.350. The van der Waals surface area contributed by atoms with Crippen molar-refractivity contribution in [3.05, 3.63) is 54.0 Å². The lowest BCUT2D eigenvalue weighted by atomic mass is 10.2. The molecule has 1 aromatic heterocycles. The van der Waals surface area contributed by atoms with Crippen LogP contribution in [0, 0.1) is 0 Å². The van der Waals surface area contributed by atoms with Crippen LogP contribution < -0.4 is 15.4 Å². The van der Waals surface area contributed by atoms with Gasteiger partial charge in [-0.25, -0.2) is 0 Å². The van der Waals surface area contributed by atoms with Gasteiger partial charge in [0.25, 0.3) is 11.8 Å². The van der Waals surface area contributed by atoms with Crippen molar-refractivity contribution in [3.8, 4) is 5.75 Å². The summed E-state index contributed by atoms with van der Waals surface area (Å²) in [5, 5.41) is 5.53. The van der Waals surface area contributed by atoms with Crippen LogP contribution in [0.15, 0.2) is 47.1 Å². The van der Waals surface area contributed by atoms with E-state index in [0.29, 0.717) is 24.3 Å². The molecule has 8 heteroatoms. The SMILES string of the molecule is COc1ccc(C(=O)NCCNC(=O)[C@@H]2CCCN2C(=O)c2ccco2)cc1. The van der Waals surface area contributed by atoms with Crippen molar-refractivity contribution in [3.63, 3.8) is 0 Å². The van der Waals surface area contributed by atoms with E-state index >= 15 is 0 Å². The van der Waals surface area contributed by atoms with Gasteiger partial charge in [0, 0.05) is 25.2 Å². The number of hydrogen-bond acceptors (Lipinski definition) is 5. The molecule has 8 nitrogen and oxygen atoms in total. The molecule has 3 amide bonds. The number of furan rings is 1. The van der Waals surface area contributed by atoms with Gasteiger partial charge in [0.05, 0.1) is 13.4 Å². The van der Waals surface area contributed by atoms with Gasteiger partial charge in [-0.05, 0) is 49.2 Å². The zero-order chi connectivity index (χ0) is 19.9. The second kappa shape index (κ2) is 9.07. The van der Waals surface area contributed by atoms with Crippen LogP contribution in [0.25, 0.3) is 0 Å². The third-order valence-electron chi connectivity index (χ3n) is 4.61. The number of benzene rings is 1. The molecule has 0 unspecified atom stereocenters. The van der Waals surface area contributed by atoms with Crippen molar-refractivity contribution in [2.45, 2.75) is 18.9 Å². The Kier molecular flexibility index (Phi) is 6.31. The maximum atomic E-state index is 12.5. The second-order valence-electron chi connectivity index (χ2n) is 6.41. The Balaban J connectivity index is 1.44. The fourth-order valence-corrected chi connectivity index (χ4v) is 3.15. The van der Waals surface area contributed by atoms with E-state index in [1.165, 1.54) is 11.2 Å². The summed E-state index contributed by atoms with van der Waals surface area (Å²) in [6.45, 7) is 1.08. The van der Waals surface area contributed by atoms with E-state index in [0.717, 1.165) is 6.42 Å². The zero-order valence-electron chi connectivity index (χ0n) is 15.6. The molecule has 0 spiro atoms. The van der Waals surface area contributed by atoms with Gasteiger partial charge in [0.1, 0.15) is 11.8 Å². The van der Waals surface area contributed by atoms with Gasteiger partial charge in [0.15, 0.2) is 5.76 Å². The minimum Gasteiger partial charge on any atom is -0.497 e.